The van der Waals surface area contributed by atoms with Gasteiger partial charge in [0.25, 0.3) is 0 Å². The highest BCUT2D eigenvalue weighted by Gasteiger charge is 2.05. The van der Waals surface area contributed by atoms with Gasteiger partial charge in [0.1, 0.15) is 0 Å². The smallest absolute Gasteiger partial charge is 0.150 e. The summed E-state index contributed by atoms with van der Waals surface area (Å²) in [6, 6.07) is 14.5. The minimum Gasteiger partial charge on any atom is -0.298 e. The molecule has 0 aliphatic heterocycles. The SMILES string of the molecule is Cc1ccc(-c2ccc(CC(C)C)cc2)c(C=O)c1. The molecule has 0 spiro atoms. The van der Waals surface area contributed by atoms with E-state index in [1.54, 1.807) is 0 Å². The largest absolute Gasteiger partial charge is 0.298 e. The molecular formula is C18H20O. The molecule has 0 aliphatic rings. The minimum atomic E-state index is 0.663. The Hall–Kier alpha value is -1.89. The number of carbonyl (C=O) groups excluding carboxylic acids is 1. The van der Waals surface area contributed by atoms with Crippen LogP contribution in [0.5, 0.6) is 0 Å². The highest BCUT2D eigenvalue weighted by atomic mass is 16.1. The Kier molecular flexibility index (Phi) is 4.16. The quantitative estimate of drug-likeness (QED) is 0.722. The van der Waals surface area contributed by atoms with Crippen LogP contribution in [0.3, 0.4) is 0 Å². The monoisotopic (exact) mass is 252 g/mol. The molecule has 0 N–H and O–H groups in total. The molecule has 0 aromatic heterocycles. The van der Waals surface area contributed by atoms with E-state index in [9.17, 15) is 4.79 Å². The first-order valence-corrected chi connectivity index (χ1v) is 6.75. The summed E-state index contributed by atoms with van der Waals surface area (Å²) in [6.07, 6.45) is 2.03. The van der Waals surface area contributed by atoms with Crippen molar-refractivity contribution in [2.24, 2.45) is 5.92 Å². The fourth-order valence-electron chi connectivity index (χ4n) is 2.33. The van der Waals surface area contributed by atoms with Gasteiger partial charge in [-0.3, -0.25) is 4.79 Å². The Labute approximate surface area is 115 Å². The normalized spacial score (nSPS) is 10.7. The summed E-state index contributed by atoms with van der Waals surface area (Å²) in [5.74, 6) is 0.663. The van der Waals surface area contributed by atoms with Crippen LogP contribution in [0.25, 0.3) is 11.1 Å². The van der Waals surface area contributed by atoms with Crippen LogP contribution >= 0.6 is 0 Å². The third-order valence-corrected chi connectivity index (χ3v) is 3.24. The summed E-state index contributed by atoms with van der Waals surface area (Å²) in [7, 11) is 0. The fourth-order valence-corrected chi connectivity index (χ4v) is 2.33. The summed E-state index contributed by atoms with van der Waals surface area (Å²) < 4.78 is 0. The summed E-state index contributed by atoms with van der Waals surface area (Å²) in [6.45, 7) is 6.44. The van der Waals surface area contributed by atoms with Crippen molar-refractivity contribution in [3.05, 3.63) is 59.2 Å². The van der Waals surface area contributed by atoms with E-state index < -0.39 is 0 Å². The lowest BCUT2D eigenvalue weighted by Gasteiger charge is -2.09. The topological polar surface area (TPSA) is 17.1 Å². The Morgan fingerprint density at radius 2 is 1.74 bits per heavy atom. The van der Waals surface area contributed by atoms with Crippen molar-refractivity contribution in [2.45, 2.75) is 27.2 Å². The molecule has 0 amide bonds. The van der Waals surface area contributed by atoms with Gasteiger partial charge in [-0.1, -0.05) is 55.8 Å². The Bertz CT molecular complexity index is 565. The number of hydrogen-bond acceptors (Lipinski definition) is 1. The van der Waals surface area contributed by atoms with Crippen LogP contribution in [0.15, 0.2) is 42.5 Å². The first-order valence-electron chi connectivity index (χ1n) is 6.75. The molecular weight excluding hydrogens is 232 g/mol. The maximum absolute atomic E-state index is 11.2. The molecule has 0 saturated heterocycles. The zero-order valence-corrected chi connectivity index (χ0v) is 11.8. The van der Waals surface area contributed by atoms with Gasteiger partial charge in [-0.05, 0) is 42.0 Å². The summed E-state index contributed by atoms with van der Waals surface area (Å²) >= 11 is 0. The van der Waals surface area contributed by atoms with E-state index in [2.05, 4.69) is 38.1 Å². The highest BCUT2D eigenvalue weighted by molar-refractivity contribution is 5.87. The molecule has 0 aliphatic carbocycles. The number of carbonyl (C=O) groups is 1. The van der Waals surface area contributed by atoms with E-state index in [0.717, 1.165) is 35.0 Å². The average Bonchev–Trinajstić information content (AvgIpc) is 2.39. The van der Waals surface area contributed by atoms with Gasteiger partial charge >= 0.3 is 0 Å². The second-order valence-electron chi connectivity index (χ2n) is 5.50. The first kappa shape index (κ1) is 13.5. The molecule has 0 heterocycles. The van der Waals surface area contributed by atoms with Gasteiger partial charge in [-0.15, -0.1) is 0 Å². The third-order valence-electron chi connectivity index (χ3n) is 3.24. The van der Waals surface area contributed by atoms with Gasteiger partial charge < -0.3 is 0 Å². The molecule has 19 heavy (non-hydrogen) atoms. The standard InChI is InChI=1S/C18H20O/c1-13(2)10-15-5-7-16(8-6-15)18-9-4-14(3)11-17(18)12-19/h4-9,11-13H,10H2,1-3H3. The lowest BCUT2D eigenvalue weighted by Crippen LogP contribution is -1.94. The van der Waals surface area contributed by atoms with Gasteiger partial charge in [-0.2, -0.15) is 0 Å². The molecule has 0 saturated carbocycles. The molecule has 2 aromatic rings. The molecule has 2 rings (SSSR count). The second-order valence-corrected chi connectivity index (χ2v) is 5.50. The van der Waals surface area contributed by atoms with E-state index in [0.29, 0.717) is 5.92 Å². The Morgan fingerprint density at radius 1 is 1.05 bits per heavy atom. The molecule has 1 nitrogen and oxygen atoms in total. The van der Waals surface area contributed by atoms with Gasteiger partial charge in [0.2, 0.25) is 0 Å². The second kappa shape index (κ2) is 5.83. The van der Waals surface area contributed by atoms with Crippen LogP contribution in [0.1, 0.15) is 35.3 Å². The van der Waals surface area contributed by atoms with Gasteiger partial charge in [0, 0.05) is 5.56 Å². The summed E-state index contributed by atoms with van der Waals surface area (Å²) in [5, 5.41) is 0. The zero-order valence-electron chi connectivity index (χ0n) is 11.8. The van der Waals surface area contributed by atoms with E-state index in [-0.39, 0.29) is 0 Å². The predicted molar refractivity (Wildman–Crippen MR) is 80.5 cm³/mol. The molecule has 0 fully saturated rings. The average molecular weight is 252 g/mol. The van der Waals surface area contributed by atoms with Crippen LogP contribution in [-0.2, 0) is 6.42 Å². The van der Waals surface area contributed by atoms with Crippen molar-refractivity contribution < 1.29 is 4.79 Å². The fraction of sp³-hybridized carbons (Fsp3) is 0.278. The van der Waals surface area contributed by atoms with E-state index in [1.807, 2.05) is 25.1 Å². The number of rotatable bonds is 4. The van der Waals surface area contributed by atoms with Crippen molar-refractivity contribution in [1.82, 2.24) is 0 Å². The molecule has 0 atom stereocenters. The molecule has 1 heteroatoms. The van der Waals surface area contributed by atoms with Gasteiger partial charge in [0.15, 0.2) is 6.29 Å². The third kappa shape index (κ3) is 3.31. The maximum Gasteiger partial charge on any atom is 0.150 e. The summed E-state index contributed by atoms with van der Waals surface area (Å²) in [5.41, 5.74) is 5.34. The van der Waals surface area contributed by atoms with Crippen LogP contribution in [-0.4, -0.2) is 6.29 Å². The lowest BCUT2D eigenvalue weighted by molar-refractivity contribution is 0.112. The Balaban J connectivity index is 2.34. The van der Waals surface area contributed by atoms with E-state index in [4.69, 9.17) is 0 Å². The van der Waals surface area contributed by atoms with Crippen LogP contribution in [0, 0.1) is 12.8 Å². The molecule has 2 aromatic carbocycles. The van der Waals surface area contributed by atoms with Crippen molar-refractivity contribution in [3.63, 3.8) is 0 Å². The Morgan fingerprint density at radius 3 is 2.32 bits per heavy atom. The van der Waals surface area contributed by atoms with Gasteiger partial charge in [0.05, 0.1) is 0 Å². The molecule has 0 unspecified atom stereocenters. The van der Waals surface area contributed by atoms with E-state index >= 15 is 0 Å². The van der Waals surface area contributed by atoms with E-state index in [1.165, 1.54) is 5.56 Å². The number of benzene rings is 2. The number of aldehydes is 1. The predicted octanol–water partition coefficient (Wildman–Crippen LogP) is 4.67. The summed E-state index contributed by atoms with van der Waals surface area (Å²) in [4.78, 5) is 11.2. The molecule has 98 valence electrons. The zero-order chi connectivity index (χ0) is 13.8. The minimum absolute atomic E-state index is 0.663. The maximum atomic E-state index is 11.2. The highest BCUT2D eigenvalue weighted by Crippen LogP contribution is 2.24. The van der Waals surface area contributed by atoms with Crippen molar-refractivity contribution in [1.29, 1.82) is 0 Å². The van der Waals surface area contributed by atoms with Crippen molar-refractivity contribution in [2.75, 3.05) is 0 Å². The van der Waals surface area contributed by atoms with Crippen LogP contribution in [0.4, 0.5) is 0 Å². The molecule has 0 radical (unpaired) electrons. The lowest BCUT2D eigenvalue weighted by atomic mass is 9.96. The number of aryl methyl sites for hydroxylation is 1. The van der Waals surface area contributed by atoms with Crippen LogP contribution < -0.4 is 0 Å². The first-order chi connectivity index (χ1) is 9.10. The van der Waals surface area contributed by atoms with Crippen LogP contribution in [0.2, 0.25) is 0 Å². The van der Waals surface area contributed by atoms with Gasteiger partial charge in [-0.25, -0.2) is 0 Å². The van der Waals surface area contributed by atoms with Crippen molar-refractivity contribution in [3.8, 4) is 11.1 Å². The number of hydrogen-bond donors (Lipinski definition) is 0. The molecule has 0 bridgehead atoms. The van der Waals surface area contributed by atoms with Crippen molar-refractivity contribution >= 4 is 6.29 Å².